The Labute approximate surface area is 246 Å². The highest BCUT2D eigenvalue weighted by atomic mass is 32.2. The maximum absolute atomic E-state index is 13.6. The number of nitrogens with two attached hydrogens (primary N) is 1. The molecule has 0 aliphatic heterocycles. The van der Waals surface area contributed by atoms with Crippen molar-refractivity contribution in [1.29, 1.82) is 0 Å². The lowest BCUT2D eigenvalue weighted by Gasteiger charge is -2.15. The molecule has 0 spiro atoms. The molecule has 7 nitrogen and oxygen atoms in total. The lowest BCUT2D eigenvalue weighted by Crippen LogP contribution is -2.27. The zero-order valence-electron chi connectivity index (χ0n) is 24.7. The Morgan fingerprint density at radius 1 is 0.732 bits per heavy atom. The predicted octanol–water partition coefficient (Wildman–Crippen LogP) is 6.36. The minimum atomic E-state index is -1.36. The Morgan fingerprint density at radius 3 is 1.61 bits per heavy atom. The van der Waals surface area contributed by atoms with E-state index in [9.17, 15) is 27.1 Å². The number of aryl methyl sites for hydroxylation is 2. The summed E-state index contributed by atoms with van der Waals surface area (Å²) in [4.78, 5) is 11.5. The summed E-state index contributed by atoms with van der Waals surface area (Å²) in [6.45, 7) is 11.1. The van der Waals surface area contributed by atoms with E-state index in [4.69, 9.17) is 10.2 Å². The quantitative estimate of drug-likeness (QED) is 0.323. The minimum absolute atomic E-state index is 0.0172. The number of carbonyl (C=O) groups excluding carboxylic acids is 1. The van der Waals surface area contributed by atoms with E-state index in [0.717, 1.165) is 55.7 Å². The van der Waals surface area contributed by atoms with Crippen LogP contribution in [0.5, 0.6) is 11.5 Å². The van der Waals surface area contributed by atoms with Gasteiger partial charge < -0.3 is 10.2 Å². The number of benzene rings is 2. The number of carbonyl (C=O) groups is 1. The second-order valence-electron chi connectivity index (χ2n) is 12.1. The van der Waals surface area contributed by atoms with Gasteiger partial charge in [0.1, 0.15) is 11.0 Å². The van der Waals surface area contributed by atoms with E-state index in [1.54, 1.807) is 0 Å². The number of fused-ring (bicyclic) bond motifs is 2. The van der Waals surface area contributed by atoms with Crippen LogP contribution in [0.15, 0.2) is 28.7 Å². The molecule has 0 radical (unpaired) electrons. The lowest BCUT2D eigenvalue weighted by atomic mass is 10.0. The molecule has 0 fully saturated rings. The van der Waals surface area contributed by atoms with Gasteiger partial charge in [0.05, 0.1) is 26.2 Å². The van der Waals surface area contributed by atoms with Crippen molar-refractivity contribution in [2.45, 2.75) is 102 Å². The number of phenolic OH excluding ortho intramolecular Hbond substituents is 2. The van der Waals surface area contributed by atoms with Gasteiger partial charge in [-0.3, -0.25) is 9.93 Å². The highest BCUT2D eigenvalue weighted by Gasteiger charge is 2.23. The number of ketones is 1. The molecule has 2 aliphatic rings. The number of hydrogen-bond acceptors (Lipinski definition) is 5. The monoisotopic (exact) mass is 612 g/mol. The second kappa shape index (κ2) is 14.6. The van der Waals surface area contributed by atoms with Gasteiger partial charge >= 0.3 is 0 Å². The molecule has 2 aromatic rings. The van der Waals surface area contributed by atoms with Gasteiger partial charge in [-0.25, -0.2) is 17.2 Å². The summed E-state index contributed by atoms with van der Waals surface area (Å²) in [6, 6.07) is 5.30. The van der Waals surface area contributed by atoms with E-state index in [2.05, 4.69) is 4.40 Å². The number of halogens is 2. The van der Waals surface area contributed by atoms with Gasteiger partial charge in [-0.2, -0.15) is 4.40 Å². The first kappa shape index (κ1) is 34.7. The number of hydrogen-bond donors (Lipinski definition) is 3. The second-order valence-corrected chi connectivity index (χ2v) is 15.8. The van der Waals surface area contributed by atoms with E-state index < -0.39 is 38.4 Å². The van der Waals surface area contributed by atoms with Crippen molar-refractivity contribution in [3.8, 4) is 11.5 Å². The van der Waals surface area contributed by atoms with Crippen LogP contribution in [0.2, 0.25) is 0 Å². The smallest absolute Gasteiger partial charge is 0.165 e. The van der Waals surface area contributed by atoms with Crippen molar-refractivity contribution in [2.24, 2.45) is 9.54 Å². The van der Waals surface area contributed by atoms with Crippen LogP contribution >= 0.6 is 0 Å². The molecule has 4 N–H and O–H groups in total. The SMILES string of the molecule is CC(C)(C)[S@@](N)=O.CC(C)(C)[S@](=O)N=C1CCCCc2cc(O)c(F)cc21.O=C1CCCCc2cc(O)c(F)cc21. The van der Waals surface area contributed by atoms with Gasteiger partial charge in [0.25, 0.3) is 0 Å². The van der Waals surface area contributed by atoms with Crippen molar-refractivity contribution in [2.75, 3.05) is 0 Å². The van der Waals surface area contributed by atoms with Crippen LogP contribution in [0.3, 0.4) is 0 Å². The Balaban J connectivity index is 0.000000242. The van der Waals surface area contributed by atoms with Crippen molar-refractivity contribution >= 4 is 33.5 Å². The highest BCUT2D eigenvalue weighted by Crippen LogP contribution is 2.29. The summed E-state index contributed by atoms with van der Waals surface area (Å²) in [5.41, 5.74) is 3.47. The number of Topliss-reactive ketones (excluding diaryl/α,β-unsaturated/α-hetero) is 1. The minimum Gasteiger partial charge on any atom is -0.505 e. The van der Waals surface area contributed by atoms with E-state index >= 15 is 0 Å². The van der Waals surface area contributed by atoms with Gasteiger partial charge in [0.15, 0.2) is 28.9 Å². The molecule has 0 heterocycles. The van der Waals surface area contributed by atoms with E-state index in [0.29, 0.717) is 29.7 Å². The molecular weight excluding hydrogens is 570 g/mol. The zero-order valence-corrected chi connectivity index (χ0v) is 26.3. The molecule has 0 bridgehead atoms. The topological polar surface area (TPSA) is 130 Å². The van der Waals surface area contributed by atoms with Crippen LogP contribution in [0.1, 0.15) is 107 Å². The Bertz CT molecular complexity index is 1330. The van der Waals surface area contributed by atoms with Crippen LogP contribution in [-0.4, -0.2) is 39.6 Å². The van der Waals surface area contributed by atoms with Gasteiger partial charge in [-0.1, -0.05) is 0 Å². The van der Waals surface area contributed by atoms with Crippen LogP contribution in [0, 0.1) is 11.6 Å². The molecule has 4 rings (SSSR count). The standard InChI is InChI=1S/C15H20FNO2S.C11H11FO2.C4H11NOS/c1-15(2,3)20(19)17-13-7-5-4-6-10-8-14(18)12(16)9-11(10)13;12-9-6-8-7(5-11(9)14)3-1-2-4-10(8)13;1-4(2,3)7(5)6/h8-9,18H,4-7H2,1-3H3;5-6,14H,1-4H2;5H2,1-3H3/t20-;;7-/m0.0/s1. The summed E-state index contributed by atoms with van der Waals surface area (Å²) in [6.07, 6.45) is 6.35. The summed E-state index contributed by atoms with van der Waals surface area (Å²) in [5, 5.41) is 23.7. The summed E-state index contributed by atoms with van der Waals surface area (Å²) in [7, 11) is -2.54. The Morgan fingerprint density at radius 2 is 1.15 bits per heavy atom. The molecule has 0 saturated heterocycles. The number of nitrogens with zero attached hydrogens (tertiary/aromatic N) is 1. The van der Waals surface area contributed by atoms with Gasteiger partial charge in [0, 0.05) is 17.5 Å². The third-order valence-corrected chi connectivity index (χ3v) is 9.13. The first-order valence-corrected chi connectivity index (χ1v) is 16.0. The molecule has 0 unspecified atom stereocenters. The molecule has 2 atom stereocenters. The van der Waals surface area contributed by atoms with Gasteiger partial charge in [0.2, 0.25) is 0 Å². The Hall–Kier alpha value is -2.50. The third-order valence-electron chi connectivity index (χ3n) is 6.49. The third kappa shape index (κ3) is 10.4. The number of phenols is 2. The van der Waals surface area contributed by atoms with Crippen molar-refractivity contribution in [3.63, 3.8) is 0 Å². The first-order chi connectivity index (χ1) is 18.9. The molecule has 0 amide bonds. The normalized spacial score (nSPS) is 17.9. The fourth-order valence-electron chi connectivity index (χ4n) is 3.96. The maximum atomic E-state index is 13.6. The van der Waals surface area contributed by atoms with Gasteiger partial charge in [-0.05, 0) is 122 Å². The summed E-state index contributed by atoms with van der Waals surface area (Å²) < 4.78 is 52.8. The fraction of sp³-hybridized carbons (Fsp3) is 0.533. The van der Waals surface area contributed by atoms with Crippen LogP contribution < -0.4 is 5.14 Å². The molecule has 0 saturated carbocycles. The first-order valence-electron chi connectivity index (χ1n) is 13.6. The average molecular weight is 613 g/mol. The van der Waals surface area contributed by atoms with Crippen molar-refractivity contribution in [3.05, 3.63) is 58.2 Å². The highest BCUT2D eigenvalue weighted by molar-refractivity contribution is 7.85. The van der Waals surface area contributed by atoms with Crippen molar-refractivity contribution in [1.82, 2.24) is 0 Å². The molecular formula is C30H42F2N2O5S2. The molecule has 41 heavy (non-hydrogen) atoms. The lowest BCUT2D eigenvalue weighted by molar-refractivity contribution is 0.0981. The van der Waals surface area contributed by atoms with E-state index in [-0.39, 0.29) is 22.0 Å². The fourth-order valence-corrected chi connectivity index (χ4v) is 4.63. The molecule has 11 heteroatoms. The zero-order chi connectivity index (χ0) is 31.1. The van der Waals surface area contributed by atoms with Crippen LogP contribution in [0.25, 0.3) is 0 Å². The van der Waals surface area contributed by atoms with Gasteiger partial charge in [-0.15, -0.1) is 0 Å². The number of aromatic hydroxyl groups is 2. The summed E-state index contributed by atoms with van der Waals surface area (Å²) in [5.74, 6) is -2.07. The van der Waals surface area contributed by atoms with E-state index in [1.165, 1.54) is 18.2 Å². The van der Waals surface area contributed by atoms with E-state index in [1.807, 2.05) is 41.5 Å². The summed E-state index contributed by atoms with van der Waals surface area (Å²) >= 11 is 0. The molecule has 2 aromatic carbocycles. The largest absolute Gasteiger partial charge is 0.505 e. The van der Waals surface area contributed by atoms with Crippen molar-refractivity contribution < 1.29 is 32.2 Å². The predicted molar refractivity (Wildman–Crippen MR) is 162 cm³/mol. The molecule has 228 valence electrons. The molecule has 0 aromatic heterocycles. The Kier molecular flexibility index (Phi) is 12.4. The van der Waals surface area contributed by atoms with Crippen LogP contribution in [0.4, 0.5) is 8.78 Å². The van der Waals surface area contributed by atoms with Crippen LogP contribution in [-0.2, 0) is 34.8 Å². The number of rotatable bonds is 1. The maximum Gasteiger partial charge on any atom is 0.165 e. The average Bonchev–Trinajstić information content (AvgIpc) is 3.15. The molecule has 2 aliphatic carbocycles.